The predicted octanol–water partition coefficient (Wildman–Crippen LogP) is 3.61. The molecule has 112 valence electrons. The average Bonchev–Trinajstić information content (AvgIpc) is 2.93. The Hall–Kier alpha value is -1.49. The van der Waals surface area contributed by atoms with E-state index in [9.17, 15) is 9.90 Å². The molecule has 2 rings (SSSR count). The van der Waals surface area contributed by atoms with Crippen molar-refractivity contribution in [1.29, 1.82) is 0 Å². The fourth-order valence-corrected chi connectivity index (χ4v) is 2.55. The molecule has 0 saturated carbocycles. The summed E-state index contributed by atoms with van der Waals surface area (Å²) in [5.41, 5.74) is 0.398. The molecule has 1 atom stereocenters. The van der Waals surface area contributed by atoms with Crippen LogP contribution in [0.1, 0.15) is 34.9 Å². The standard InChI is InChI=1S/C15H15Cl2NO3/c1-2-9-6-7-13(21-9)15(20)18-8-12(19)14-10(16)4-3-5-11(14)17/h3-7,12,19H,2,8H2,1H3,(H,18,20). The van der Waals surface area contributed by atoms with Crippen LogP contribution in [0.4, 0.5) is 0 Å². The number of rotatable bonds is 5. The summed E-state index contributed by atoms with van der Waals surface area (Å²) in [6, 6.07) is 8.30. The molecule has 2 aromatic rings. The fourth-order valence-electron chi connectivity index (χ4n) is 1.90. The Labute approximate surface area is 132 Å². The zero-order valence-electron chi connectivity index (χ0n) is 11.4. The number of nitrogens with one attached hydrogen (secondary N) is 1. The van der Waals surface area contributed by atoms with Gasteiger partial charge in [-0.1, -0.05) is 36.2 Å². The summed E-state index contributed by atoms with van der Waals surface area (Å²) < 4.78 is 5.33. The molecule has 0 aliphatic rings. The van der Waals surface area contributed by atoms with Crippen LogP contribution < -0.4 is 5.32 Å². The molecule has 6 heteroatoms. The van der Waals surface area contributed by atoms with Gasteiger partial charge in [0.15, 0.2) is 5.76 Å². The summed E-state index contributed by atoms with van der Waals surface area (Å²) in [6.45, 7) is 1.92. The van der Waals surface area contributed by atoms with E-state index in [4.69, 9.17) is 27.6 Å². The van der Waals surface area contributed by atoms with E-state index in [-0.39, 0.29) is 12.3 Å². The van der Waals surface area contributed by atoms with Gasteiger partial charge in [0.25, 0.3) is 5.91 Å². The van der Waals surface area contributed by atoms with Crippen molar-refractivity contribution in [3.8, 4) is 0 Å². The van der Waals surface area contributed by atoms with Gasteiger partial charge in [0.05, 0.1) is 6.10 Å². The highest BCUT2D eigenvalue weighted by Crippen LogP contribution is 2.29. The first kappa shape index (κ1) is 15.9. The van der Waals surface area contributed by atoms with Gasteiger partial charge >= 0.3 is 0 Å². The van der Waals surface area contributed by atoms with E-state index >= 15 is 0 Å². The first-order valence-electron chi connectivity index (χ1n) is 6.51. The molecule has 1 heterocycles. The quantitative estimate of drug-likeness (QED) is 0.881. The number of hydrogen-bond acceptors (Lipinski definition) is 3. The molecule has 0 bridgehead atoms. The second-order valence-corrected chi connectivity index (χ2v) is 5.30. The van der Waals surface area contributed by atoms with Crippen molar-refractivity contribution in [3.05, 3.63) is 57.5 Å². The Morgan fingerprint density at radius 2 is 1.95 bits per heavy atom. The molecule has 0 saturated heterocycles. The zero-order valence-corrected chi connectivity index (χ0v) is 12.9. The average molecular weight is 328 g/mol. The summed E-state index contributed by atoms with van der Waals surface area (Å²) in [5.74, 6) is 0.552. The number of benzene rings is 1. The van der Waals surface area contributed by atoms with Crippen molar-refractivity contribution in [3.63, 3.8) is 0 Å². The van der Waals surface area contributed by atoms with Gasteiger partial charge in [-0.05, 0) is 24.3 Å². The lowest BCUT2D eigenvalue weighted by Crippen LogP contribution is -2.28. The van der Waals surface area contributed by atoms with Crippen LogP contribution in [0.2, 0.25) is 10.0 Å². The van der Waals surface area contributed by atoms with Crippen LogP contribution in [0, 0.1) is 0 Å². The molecule has 2 N–H and O–H groups in total. The number of aliphatic hydroxyl groups excluding tert-OH is 1. The van der Waals surface area contributed by atoms with E-state index in [2.05, 4.69) is 5.32 Å². The minimum absolute atomic E-state index is 0.00948. The lowest BCUT2D eigenvalue weighted by Gasteiger charge is -2.14. The van der Waals surface area contributed by atoms with Gasteiger partial charge in [-0.3, -0.25) is 4.79 Å². The molecule has 1 aromatic carbocycles. The van der Waals surface area contributed by atoms with E-state index in [0.29, 0.717) is 22.0 Å². The number of aryl methyl sites for hydroxylation is 1. The Balaban J connectivity index is 2.00. The molecule has 4 nitrogen and oxygen atoms in total. The highest BCUT2D eigenvalue weighted by atomic mass is 35.5. The van der Waals surface area contributed by atoms with Gasteiger partial charge in [0.1, 0.15) is 5.76 Å². The second-order valence-electron chi connectivity index (χ2n) is 4.48. The van der Waals surface area contributed by atoms with Crippen molar-refractivity contribution >= 4 is 29.1 Å². The first-order chi connectivity index (χ1) is 10.0. The van der Waals surface area contributed by atoms with E-state index < -0.39 is 12.0 Å². The van der Waals surface area contributed by atoms with Crippen LogP contribution in [0.15, 0.2) is 34.7 Å². The van der Waals surface area contributed by atoms with Crippen molar-refractivity contribution < 1.29 is 14.3 Å². The fraction of sp³-hybridized carbons (Fsp3) is 0.267. The zero-order chi connectivity index (χ0) is 15.4. The topological polar surface area (TPSA) is 62.5 Å². The molecule has 1 aromatic heterocycles. The minimum Gasteiger partial charge on any atom is -0.456 e. The third-order valence-electron chi connectivity index (χ3n) is 3.02. The van der Waals surface area contributed by atoms with E-state index in [1.165, 1.54) is 0 Å². The highest BCUT2D eigenvalue weighted by molar-refractivity contribution is 6.36. The summed E-state index contributed by atoms with van der Waals surface area (Å²) in [6.07, 6.45) is -0.277. The molecule has 0 radical (unpaired) electrons. The van der Waals surface area contributed by atoms with Crippen molar-refractivity contribution in [2.45, 2.75) is 19.4 Å². The van der Waals surface area contributed by atoms with Gasteiger partial charge in [-0.2, -0.15) is 0 Å². The van der Waals surface area contributed by atoms with Crippen LogP contribution in [-0.2, 0) is 6.42 Å². The van der Waals surface area contributed by atoms with Crippen LogP contribution in [-0.4, -0.2) is 17.6 Å². The van der Waals surface area contributed by atoms with Gasteiger partial charge in [-0.25, -0.2) is 0 Å². The Kier molecular flexibility index (Phi) is 5.28. The summed E-state index contributed by atoms with van der Waals surface area (Å²) in [7, 11) is 0. The van der Waals surface area contributed by atoms with Crippen molar-refractivity contribution in [2.24, 2.45) is 0 Å². The molecule has 0 aliphatic heterocycles. The Morgan fingerprint density at radius 3 is 2.52 bits per heavy atom. The van der Waals surface area contributed by atoms with Crippen molar-refractivity contribution in [1.82, 2.24) is 5.32 Å². The molecule has 1 amide bonds. The normalized spacial score (nSPS) is 12.2. The lowest BCUT2D eigenvalue weighted by atomic mass is 10.1. The second kappa shape index (κ2) is 6.98. The third-order valence-corrected chi connectivity index (χ3v) is 3.68. The van der Waals surface area contributed by atoms with Crippen LogP contribution >= 0.6 is 23.2 Å². The maximum atomic E-state index is 11.9. The Morgan fingerprint density at radius 1 is 1.29 bits per heavy atom. The number of furan rings is 1. The lowest BCUT2D eigenvalue weighted by molar-refractivity contribution is 0.0887. The largest absolute Gasteiger partial charge is 0.456 e. The first-order valence-corrected chi connectivity index (χ1v) is 7.27. The minimum atomic E-state index is -0.990. The molecule has 1 unspecified atom stereocenters. The molecule has 21 heavy (non-hydrogen) atoms. The van der Waals surface area contributed by atoms with Gasteiger partial charge in [-0.15, -0.1) is 0 Å². The van der Waals surface area contributed by atoms with Crippen LogP contribution in [0.5, 0.6) is 0 Å². The summed E-state index contributed by atoms with van der Waals surface area (Å²) >= 11 is 12.0. The monoisotopic (exact) mass is 327 g/mol. The maximum absolute atomic E-state index is 11.9. The Bertz CT molecular complexity index is 619. The van der Waals surface area contributed by atoms with Crippen LogP contribution in [0.25, 0.3) is 0 Å². The smallest absolute Gasteiger partial charge is 0.287 e. The molecular weight excluding hydrogens is 313 g/mol. The van der Waals surface area contributed by atoms with Crippen molar-refractivity contribution in [2.75, 3.05) is 6.54 Å². The SMILES string of the molecule is CCc1ccc(C(=O)NCC(O)c2c(Cl)cccc2Cl)o1. The number of carbonyl (C=O) groups is 1. The molecule has 0 spiro atoms. The predicted molar refractivity (Wildman–Crippen MR) is 81.8 cm³/mol. The third kappa shape index (κ3) is 3.79. The van der Waals surface area contributed by atoms with Crippen LogP contribution in [0.3, 0.4) is 0 Å². The van der Waals surface area contributed by atoms with E-state index in [1.807, 2.05) is 6.92 Å². The number of amides is 1. The van der Waals surface area contributed by atoms with Gasteiger partial charge < -0.3 is 14.8 Å². The highest BCUT2D eigenvalue weighted by Gasteiger charge is 2.17. The van der Waals surface area contributed by atoms with Gasteiger partial charge in [0.2, 0.25) is 0 Å². The molecule has 0 fully saturated rings. The number of hydrogen-bond donors (Lipinski definition) is 2. The molecule has 0 aliphatic carbocycles. The molecular formula is C15H15Cl2NO3. The number of carbonyl (C=O) groups excluding carboxylic acids is 1. The van der Waals surface area contributed by atoms with E-state index in [1.54, 1.807) is 30.3 Å². The summed E-state index contributed by atoms with van der Waals surface area (Å²) in [4.78, 5) is 11.9. The maximum Gasteiger partial charge on any atom is 0.287 e. The van der Waals surface area contributed by atoms with E-state index in [0.717, 1.165) is 5.76 Å². The number of aliphatic hydroxyl groups is 1. The van der Waals surface area contributed by atoms with Gasteiger partial charge in [0, 0.05) is 28.6 Å². The number of halogens is 2. The summed E-state index contributed by atoms with van der Waals surface area (Å²) in [5, 5.41) is 13.4.